The topological polar surface area (TPSA) is 84.4 Å². The van der Waals surface area contributed by atoms with Crippen LogP contribution in [0.2, 0.25) is 0 Å². The summed E-state index contributed by atoms with van der Waals surface area (Å²) in [6.07, 6.45) is 1.14. The Balaban J connectivity index is 1.40. The Hall–Kier alpha value is -3.91. The van der Waals surface area contributed by atoms with Gasteiger partial charge in [0, 0.05) is 36.6 Å². The fourth-order valence-electron chi connectivity index (χ4n) is 5.53. The minimum absolute atomic E-state index is 0.0484. The summed E-state index contributed by atoms with van der Waals surface area (Å²) in [5.41, 5.74) is 5.14. The summed E-state index contributed by atoms with van der Waals surface area (Å²) in [6.45, 7) is 3.51. The molecule has 2 unspecified atom stereocenters. The van der Waals surface area contributed by atoms with Crippen molar-refractivity contribution in [1.82, 2.24) is 9.97 Å². The largest absolute Gasteiger partial charge is 0.497 e. The Bertz CT molecular complexity index is 1560. The number of fused-ring (bicyclic) bond motifs is 5. The molecule has 6 rings (SSSR count). The van der Waals surface area contributed by atoms with Crippen molar-refractivity contribution in [3.05, 3.63) is 95.6 Å². The van der Waals surface area contributed by atoms with Gasteiger partial charge >= 0.3 is 0 Å². The van der Waals surface area contributed by atoms with Crippen LogP contribution >= 0.6 is 0 Å². The lowest BCUT2D eigenvalue weighted by Crippen LogP contribution is -2.35. The van der Waals surface area contributed by atoms with Crippen LogP contribution in [-0.2, 0) is 10.0 Å². The van der Waals surface area contributed by atoms with Crippen LogP contribution in [0.5, 0.6) is 5.75 Å². The van der Waals surface area contributed by atoms with Crippen molar-refractivity contribution in [3.63, 3.8) is 0 Å². The fourth-order valence-corrected chi connectivity index (χ4v) is 6.57. The van der Waals surface area contributed by atoms with Crippen LogP contribution in [0.25, 0.3) is 11.3 Å². The number of rotatable bonds is 6. The Morgan fingerprint density at radius 2 is 1.62 bits per heavy atom. The van der Waals surface area contributed by atoms with Gasteiger partial charge in [0.05, 0.1) is 17.7 Å². The maximum absolute atomic E-state index is 13.2. The van der Waals surface area contributed by atoms with Gasteiger partial charge in [-0.3, -0.25) is 0 Å². The highest BCUT2D eigenvalue weighted by Crippen LogP contribution is 2.46. The molecule has 2 aliphatic rings. The molecule has 188 valence electrons. The molecule has 1 N–H and O–H groups in total. The highest BCUT2D eigenvalue weighted by molar-refractivity contribution is 7.92. The van der Waals surface area contributed by atoms with E-state index < -0.39 is 10.0 Å². The van der Waals surface area contributed by atoms with Gasteiger partial charge in [-0.25, -0.2) is 18.1 Å². The zero-order valence-electron chi connectivity index (χ0n) is 20.8. The third-order valence-corrected chi connectivity index (χ3v) is 8.58. The molecule has 7 nitrogen and oxygen atoms in total. The summed E-state index contributed by atoms with van der Waals surface area (Å²) < 4.78 is 34.5. The monoisotopic (exact) mass is 512 g/mol. The van der Waals surface area contributed by atoms with Crippen LogP contribution in [-0.4, -0.2) is 38.6 Å². The zero-order chi connectivity index (χ0) is 25.6. The molecule has 0 spiro atoms. The molecule has 4 aromatic rings. The van der Waals surface area contributed by atoms with Crippen molar-refractivity contribution >= 4 is 21.8 Å². The number of nitrogens with one attached hydrogen (secondary N) is 1. The van der Waals surface area contributed by atoms with Gasteiger partial charge in [-0.15, -0.1) is 0 Å². The molecule has 1 aliphatic heterocycles. The molecule has 3 aromatic carbocycles. The van der Waals surface area contributed by atoms with Gasteiger partial charge in [0.2, 0.25) is 5.95 Å². The van der Waals surface area contributed by atoms with Crippen LogP contribution in [0.3, 0.4) is 0 Å². The third kappa shape index (κ3) is 4.53. The number of hydrogen-bond donors (Lipinski definition) is 1. The number of ether oxygens (including phenoxy) is 1. The zero-order valence-corrected chi connectivity index (χ0v) is 21.6. The van der Waals surface area contributed by atoms with Gasteiger partial charge in [-0.05, 0) is 54.3 Å². The highest BCUT2D eigenvalue weighted by atomic mass is 32.2. The van der Waals surface area contributed by atoms with E-state index in [2.05, 4.69) is 38.9 Å². The summed E-state index contributed by atoms with van der Waals surface area (Å²) in [5.74, 6) is 2.31. The number of sulfonamides is 1. The van der Waals surface area contributed by atoms with Gasteiger partial charge in [0.15, 0.2) is 0 Å². The minimum Gasteiger partial charge on any atom is -0.497 e. The van der Waals surface area contributed by atoms with E-state index in [9.17, 15) is 8.42 Å². The van der Waals surface area contributed by atoms with Crippen LogP contribution in [0.15, 0.2) is 83.8 Å². The van der Waals surface area contributed by atoms with Gasteiger partial charge in [0.1, 0.15) is 11.6 Å². The standard InChI is InChI=1S/C29H28N4O3S/c1-19-7-5-10-24(13-19)37(34,35)32-29-30-27(20-8-6-9-23(15-20)36-2)16-28(31-29)33-17-21-14-22(18-33)26-12-4-3-11-25(21)26/h3-13,15-16,21-22H,14,17-18H2,1-2H3,(H,30,31,32). The van der Waals surface area contributed by atoms with Crippen molar-refractivity contribution in [2.45, 2.75) is 30.1 Å². The molecule has 2 heterocycles. The van der Waals surface area contributed by atoms with E-state index in [0.29, 0.717) is 29.1 Å². The Kier molecular flexibility index (Phi) is 5.83. The van der Waals surface area contributed by atoms with Crippen molar-refractivity contribution in [2.75, 3.05) is 29.8 Å². The first-order valence-corrected chi connectivity index (χ1v) is 13.8. The molecule has 37 heavy (non-hydrogen) atoms. The van der Waals surface area contributed by atoms with E-state index in [4.69, 9.17) is 9.72 Å². The molecule has 1 fully saturated rings. The first-order valence-electron chi connectivity index (χ1n) is 12.4. The predicted octanol–water partition coefficient (Wildman–Crippen LogP) is 5.35. The molecule has 8 heteroatoms. The molecule has 2 atom stereocenters. The van der Waals surface area contributed by atoms with Gasteiger partial charge < -0.3 is 9.64 Å². The molecular formula is C29H28N4O3S. The molecule has 0 saturated carbocycles. The fraction of sp³-hybridized carbons (Fsp3) is 0.241. The Morgan fingerprint density at radius 1 is 0.892 bits per heavy atom. The molecule has 1 aliphatic carbocycles. The van der Waals surface area contributed by atoms with E-state index in [0.717, 1.165) is 30.6 Å². The quantitative estimate of drug-likeness (QED) is 0.375. The van der Waals surface area contributed by atoms with Gasteiger partial charge in [-0.2, -0.15) is 4.98 Å². The second-order valence-corrected chi connectivity index (χ2v) is 11.4. The second kappa shape index (κ2) is 9.19. The summed E-state index contributed by atoms with van der Waals surface area (Å²) in [5, 5.41) is 0. The number of piperidine rings is 1. The van der Waals surface area contributed by atoms with Crippen LogP contribution < -0.4 is 14.4 Å². The van der Waals surface area contributed by atoms with Gasteiger partial charge in [0.25, 0.3) is 10.0 Å². The van der Waals surface area contributed by atoms with E-state index in [1.807, 2.05) is 43.3 Å². The number of anilines is 2. The van der Waals surface area contributed by atoms with Crippen molar-refractivity contribution in [3.8, 4) is 17.0 Å². The summed E-state index contributed by atoms with van der Waals surface area (Å²) in [7, 11) is -2.25. The number of nitrogens with zero attached hydrogens (tertiary/aromatic N) is 3. The molecule has 1 saturated heterocycles. The minimum atomic E-state index is -3.87. The molecule has 1 aromatic heterocycles. The molecule has 2 bridgehead atoms. The SMILES string of the molecule is COc1cccc(-c2cc(N3CC4CC(C3)c3ccccc34)nc(NS(=O)(=O)c3cccc(C)c3)n2)c1. The second-order valence-electron chi connectivity index (χ2n) is 9.75. The van der Waals surface area contributed by atoms with E-state index in [1.54, 1.807) is 25.3 Å². The van der Waals surface area contributed by atoms with E-state index in [1.165, 1.54) is 11.1 Å². The molecule has 0 radical (unpaired) electrons. The number of hydrogen-bond acceptors (Lipinski definition) is 6. The maximum atomic E-state index is 13.2. The molecular weight excluding hydrogens is 484 g/mol. The first-order chi connectivity index (χ1) is 17.9. The smallest absolute Gasteiger partial charge is 0.264 e. The summed E-state index contributed by atoms with van der Waals surface area (Å²) >= 11 is 0. The van der Waals surface area contributed by atoms with Crippen LogP contribution in [0.4, 0.5) is 11.8 Å². The lowest BCUT2D eigenvalue weighted by atomic mass is 9.96. The number of benzene rings is 3. The normalized spacial score (nSPS) is 18.4. The summed E-state index contributed by atoms with van der Waals surface area (Å²) in [4.78, 5) is 11.8. The molecule has 0 amide bonds. The number of methoxy groups -OCH3 is 1. The maximum Gasteiger partial charge on any atom is 0.264 e. The van der Waals surface area contributed by atoms with Crippen molar-refractivity contribution < 1.29 is 13.2 Å². The van der Waals surface area contributed by atoms with Crippen LogP contribution in [0.1, 0.15) is 34.9 Å². The number of aromatic nitrogens is 2. The summed E-state index contributed by atoms with van der Waals surface area (Å²) in [6, 6.07) is 25.0. The Morgan fingerprint density at radius 3 is 2.32 bits per heavy atom. The number of aryl methyl sites for hydroxylation is 1. The van der Waals surface area contributed by atoms with E-state index in [-0.39, 0.29) is 10.8 Å². The third-order valence-electron chi connectivity index (χ3n) is 7.25. The Labute approximate surface area is 217 Å². The first kappa shape index (κ1) is 23.5. The van der Waals surface area contributed by atoms with E-state index >= 15 is 0 Å². The van der Waals surface area contributed by atoms with Crippen molar-refractivity contribution in [1.29, 1.82) is 0 Å². The predicted molar refractivity (Wildman–Crippen MR) is 145 cm³/mol. The lowest BCUT2D eigenvalue weighted by molar-refractivity contribution is 0.415. The van der Waals surface area contributed by atoms with Crippen molar-refractivity contribution in [2.24, 2.45) is 0 Å². The van der Waals surface area contributed by atoms with Gasteiger partial charge in [-0.1, -0.05) is 48.5 Å². The average Bonchev–Trinajstić information content (AvgIpc) is 3.17. The highest BCUT2D eigenvalue weighted by Gasteiger charge is 2.38. The average molecular weight is 513 g/mol. The lowest BCUT2D eigenvalue weighted by Gasteiger charge is -2.33. The van der Waals surface area contributed by atoms with Crippen LogP contribution in [0, 0.1) is 6.92 Å².